The smallest absolute Gasteiger partial charge is 0.236 e. The van der Waals surface area contributed by atoms with E-state index in [9.17, 15) is 4.79 Å². The van der Waals surface area contributed by atoms with E-state index in [4.69, 9.17) is 0 Å². The summed E-state index contributed by atoms with van der Waals surface area (Å²) in [6.45, 7) is 7.92. The molecule has 0 bridgehead atoms. The second-order valence-corrected chi connectivity index (χ2v) is 7.64. The zero-order chi connectivity index (χ0) is 18.6. The van der Waals surface area contributed by atoms with E-state index in [2.05, 4.69) is 58.1 Å². The number of benzene rings is 1. The highest BCUT2D eigenvalue weighted by molar-refractivity contribution is 5.78. The van der Waals surface area contributed by atoms with Crippen LogP contribution in [0.4, 0.5) is 5.82 Å². The summed E-state index contributed by atoms with van der Waals surface area (Å²) in [5.41, 5.74) is 2.59. The van der Waals surface area contributed by atoms with Crippen LogP contribution in [-0.4, -0.2) is 66.5 Å². The third-order valence-corrected chi connectivity index (χ3v) is 5.82. The Morgan fingerprint density at radius 3 is 2.56 bits per heavy atom. The Morgan fingerprint density at radius 2 is 1.81 bits per heavy atom. The highest BCUT2D eigenvalue weighted by Crippen LogP contribution is 2.27. The second kappa shape index (κ2) is 8.09. The molecule has 0 radical (unpaired) electrons. The largest absolute Gasteiger partial charge is 0.353 e. The monoisotopic (exact) mass is 364 g/mol. The molecule has 2 fully saturated rings. The van der Waals surface area contributed by atoms with Gasteiger partial charge in [-0.15, -0.1) is 0 Å². The van der Waals surface area contributed by atoms with Gasteiger partial charge in [0.05, 0.1) is 6.54 Å². The summed E-state index contributed by atoms with van der Waals surface area (Å²) >= 11 is 0. The van der Waals surface area contributed by atoms with Crippen molar-refractivity contribution in [3.05, 3.63) is 59.8 Å². The molecule has 3 heterocycles. The second-order valence-electron chi connectivity index (χ2n) is 7.64. The normalized spacial score (nSPS) is 20.9. The molecular weight excluding hydrogens is 336 g/mol. The fourth-order valence-corrected chi connectivity index (χ4v) is 4.24. The molecule has 27 heavy (non-hydrogen) atoms. The van der Waals surface area contributed by atoms with Gasteiger partial charge in [0, 0.05) is 38.9 Å². The molecule has 0 saturated carbocycles. The van der Waals surface area contributed by atoms with E-state index in [0.29, 0.717) is 12.5 Å². The first-order chi connectivity index (χ1) is 13.2. The number of rotatable bonds is 4. The van der Waals surface area contributed by atoms with Crippen LogP contribution < -0.4 is 4.90 Å². The van der Waals surface area contributed by atoms with Crippen LogP contribution in [0.15, 0.2) is 48.7 Å². The number of hydrogen-bond acceptors (Lipinski definition) is 4. The van der Waals surface area contributed by atoms with Crippen LogP contribution in [-0.2, 0) is 4.79 Å². The van der Waals surface area contributed by atoms with Crippen molar-refractivity contribution in [2.45, 2.75) is 19.3 Å². The maximum atomic E-state index is 12.8. The summed E-state index contributed by atoms with van der Waals surface area (Å²) in [7, 11) is 0. The van der Waals surface area contributed by atoms with Crippen molar-refractivity contribution in [2.75, 3.05) is 50.7 Å². The third-order valence-electron chi connectivity index (χ3n) is 5.82. The molecule has 1 amide bonds. The maximum Gasteiger partial charge on any atom is 0.236 e. The molecule has 5 heteroatoms. The van der Waals surface area contributed by atoms with Gasteiger partial charge in [0.2, 0.25) is 5.91 Å². The third kappa shape index (κ3) is 4.14. The van der Waals surface area contributed by atoms with Crippen molar-refractivity contribution in [3.8, 4) is 0 Å². The van der Waals surface area contributed by atoms with Gasteiger partial charge in [-0.25, -0.2) is 4.98 Å². The van der Waals surface area contributed by atoms with Crippen LogP contribution in [0.5, 0.6) is 0 Å². The molecule has 2 saturated heterocycles. The highest BCUT2D eigenvalue weighted by Gasteiger charge is 2.28. The summed E-state index contributed by atoms with van der Waals surface area (Å²) in [5, 5.41) is 0. The summed E-state index contributed by atoms with van der Waals surface area (Å²) in [5.74, 6) is 1.87. The van der Waals surface area contributed by atoms with Gasteiger partial charge in [0.15, 0.2) is 0 Å². The van der Waals surface area contributed by atoms with E-state index in [1.807, 2.05) is 17.2 Å². The zero-order valence-electron chi connectivity index (χ0n) is 16.1. The van der Waals surface area contributed by atoms with Crippen LogP contribution in [0.25, 0.3) is 0 Å². The van der Waals surface area contributed by atoms with Gasteiger partial charge >= 0.3 is 0 Å². The van der Waals surface area contributed by atoms with Crippen molar-refractivity contribution in [1.82, 2.24) is 14.8 Å². The molecule has 4 rings (SSSR count). The molecule has 2 aliphatic heterocycles. The Morgan fingerprint density at radius 1 is 1.04 bits per heavy atom. The lowest BCUT2D eigenvalue weighted by Crippen LogP contribution is -2.51. The number of nitrogens with zero attached hydrogens (tertiary/aromatic N) is 4. The standard InChI is InChI=1S/C22H28N4O/c1-18-6-5-10-23-22(18)26-14-12-25(13-15-26)21(27)17-24-11-9-20(16-24)19-7-3-2-4-8-19/h2-8,10,20H,9,11-17H2,1H3/t20-/m1/s1. The Labute approximate surface area is 161 Å². The molecule has 0 aliphatic carbocycles. The van der Waals surface area contributed by atoms with Crippen LogP contribution in [0.3, 0.4) is 0 Å². The molecule has 0 N–H and O–H groups in total. The molecule has 0 unspecified atom stereocenters. The van der Waals surface area contributed by atoms with Gasteiger partial charge < -0.3 is 9.80 Å². The summed E-state index contributed by atoms with van der Waals surface area (Å²) < 4.78 is 0. The van der Waals surface area contributed by atoms with Gasteiger partial charge in [-0.1, -0.05) is 36.4 Å². The quantitative estimate of drug-likeness (QED) is 0.836. The molecule has 2 aromatic rings. The number of aromatic nitrogens is 1. The topological polar surface area (TPSA) is 39.7 Å². The van der Waals surface area contributed by atoms with Gasteiger partial charge in [-0.3, -0.25) is 9.69 Å². The Bertz CT molecular complexity index is 771. The zero-order valence-corrected chi connectivity index (χ0v) is 16.1. The van der Waals surface area contributed by atoms with Crippen LogP contribution in [0.1, 0.15) is 23.5 Å². The van der Waals surface area contributed by atoms with Gasteiger partial charge in [0.1, 0.15) is 5.82 Å². The van der Waals surface area contributed by atoms with E-state index in [1.165, 1.54) is 11.1 Å². The number of carbonyl (C=O) groups is 1. The summed E-state index contributed by atoms with van der Waals surface area (Å²) in [4.78, 5) is 23.9. The average Bonchev–Trinajstić information content (AvgIpc) is 3.18. The van der Waals surface area contributed by atoms with Gasteiger partial charge in [-0.2, -0.15) is 0 Å². The molecule has 1 aromatic carbocycles. The van der Waals surface area contributed by atoms with Gasteiger partial charge in [0.25, 0.3) is 0 Å². The Hall–Kier alpha value is -2.40. The number of anilines is 1. The van der Waals surface area contributed by atoms with Crippen LogP contribution in [0, 0.1) is 6.92 Å². The Kier molecular flexibility index (Phi) is 5.39. The van der Waals surface area contributed by atoms with Crippen LogP contribution in [0.2, 0.25) is 0 Å². The van der Waals surface area contributed by atoms with E-state index in [0.717, 1.165) is 51.5 Å². The summed E-state index contributed by atoms with van der Waals surface area (Å²) in [6.07, 6.45) is 2.99. The van der Waals surface area contributed by atoms with E-state index >= 15 is 0 Å². The molecule has 142 valence electrons. The lowest BCUT2D eigenvalue weighted by atomic mass is 9.99. The van der Waals surface area contributed by atoms with E-state index in [1.54, 1.807) is 0 Å². The van der Waals surface area contributed by atoms with Gasteiger partial charge in [-0.05, 0) is 43.0 Å². The van der Waals surface area contributed by atoms with E-state index < -0.39 is 0 Å². The SMILES string of the molecule is Cc1cccnc1N1CCN(C(=O)CN2CC[C@@H](c3ccccc3)C2)CC1. The number of likely N-dealkylation sites (tertiary alicyclic amines) is 1. The number of piperazine rings is 1. The fourth-order valence-electron chi connectivity index (χ4n) is 4.24. The lowest BCUT2D eigenvalue weighted by molar-refractivity contribution is -0.132. The minimum atomic E-state index is 0.265. The fraction of sp³-hybridized carbons (Fsp3) is 0.455. The minimum absolute atomic E-state index is 0.265. The van der Waals surface area contributed by atoms with Crippen molar-refractivity contribution in [1.29, 1.82) is 0 Å². The first kappa shape index (κ1) is 18.0. The van der Waals surface area contributed by atoms with Crippen LogP contribution >= 0.6 is 0 Å². The minimum Gasteiger partial charge on any atom is -0.353 e. The lowest BCUT2D eigenvalue weighted by Gasteiger charge is -2.36. The molecule has 0 spiro atoms. The molecule has 5 nitrogen and oxygen atoms in total. The maximum absolute atomic E-state index is 12.8. The molecule has 2 aliphatic rings. The number of amides is 1. The number of carbonyl (C=O) groups excluding carboxylic acids is 1. The van der Waals surface area contributed by atoms with Crippen molar-refractivity contribution in [3.63, 3.8) is 0 Å². The predicted molar refractivity (Wildman–Crippen MR) is 108 cm³/mol. The molecule has 1 aromatic heterocycles. The van der Waals surface area contributed by atoms with Crippen molar-refractivity contribution >= 4 is 11.7 Å². The summed E-state index contributed by atoms with van der Waals surface area (Å²) in [6, 6.07) is 14.7. The van der Waals surface area contributed by atoms with E-state index in [-0.39, 0.29) is 5.91 Å². The van der Waals surface area contributed by atoms with Crippen molar-refractivity contribution in [2.24, 2.45) is 0 Å². The average molecular weight is 364 g/mol. The van der Waals surface area contributed by atoms with Crippen molar-refractivity contribution < 1.29 is 4.79 Å². The molecular formula is C22H28N4O. The predicted octanol–water partition coefficient (Wildman–Crippen LogP) is 2.53. The highest BCUT2D eigenvalue weighted by atomic mass is 16.2. The number of aryl methyl sites for hydroxylation is 1. The first-order valence-electron chi connectivity index (χ1n) is 9.92. The molecule has 1 atom stereocenters. The number of hydrogen-bond donors (Lipinski definition) is 0. The first-order valence-corrected chi connectivity index (χ1v) is 9.92. The number of pyridine rings is 1. The Balaban J connectivity index is 1.27.